The number of ether oxygens (including phenoxy) is 3. The molecular weight excluding hydrogens is 464 g/mol. The number of hydrogen-bond acceptors (Lipinski definition) is 7. The Kier molecular flexibility index (Phi) is 8.50. The number of nitrogens with one attached hydrogen (secondary N) is 2. The van der Waals surface area contributed by atoms with Gasteiger partial charge in [0.25, 0.3) is 5.91 Å². The summed E-state index contributed by atoms with van der Waals surface area (Å²) in [6.07, 6.45) is 5.25. The van der Waals surface area contributed by atoms with Crippen molar-refractivity contribution in [2.75, 3.05) is 39.2 Å². The molecule has 3 atom stereocenters. The largest absolute Gasteiger partial charge is 0.490 e. The highest BCUT2D eigenvalue weighted by Gasteiger charge is 2.39. The van der Waals surface area contributed by atoms with Gasteiger partial charge in [0.05, 0.1) is 24.1 Å². The normalized spacial score (nSPS) is 21.3. The van der Waals surface area contributed by atoms with Gasteiger partial charge in [0.1, 0.15) is 25.1 Å². The number of aromatic nitrogens is 1. The highest BCUT2D eigenvalue weighted by molar-refractivity contribution is 6.00. The number of carbonyl (C=O) groups excluding carboxylic acids is 3. The lowest BCUT2D eigenvalue weighted by Gasteiger charge is -2.42. The van der Waals surface area contributed by atoms with Crippen molar-refractivity contribution in [3.05, 3.63) is 53.9 Å². The molecule has 10 nitrogen and oxygen atoms in total. The van der Waals surface area contributed by atoms with Crippen molar-refractivity contribution in [2.24, 2.45) is 0 Å². The lowest BCUT2D eigenvalue weighted by Crippen LogP contribution is -2.54. The minimum atomic E-state index is -0.350. The van der Waals surface area contributed by atoms with E-state index in [1.54, 1.807) is 42.5 Å². The summed E-state index contributed by atoms with van der Waals surface area (Å²) < 4.78 is 17.1. The van der Waals surface area contributed by atoms with Gasteiger partial charge in [-0.05, 0) is 55.2 Å². The Balaban J connectivity index is 1.34. The summed E-state index contributed by atoms with van der Waals surface area (Å²) in [5.41, 5.74) is 1.99. The molecule has 0 bridgehead atoms. The first-order valence-corrected chi connectivity index (χ1v) is 12.1. The van der Waals surface area contributed by atoms with Crippen molar-refractivity contribution >= 4 is 23.4 Å². The molecule has 3 amide bonds. The molecule has 2 N–H and O–H groups in total. The maximum Gasteiger partial charge on any atom is 0.257 e. The molecule has 2 aliphatic rings. The van der Waals surface area contributed by atoms with Crippen LogP contribution in [0.4, 0.5) is 5.69 Å². The Bertz CT molecular complexity index is 1080. The van der Waals surface area contributed by atoms with Crippen LogP contribution < -0.4 is 15.4 Å². The zero-order valence-corrected chi connectivity index (χ0v) is 20.6. The number of methoxy groups -OCH3 is 1. The van der Waals surface area contributed by atoms with Gasteiger partial charge in [-0.1, -0.05) is 0 Å². The quantitative estimate of drug-likeness (QED) is 0.572. The molecule has 2 aliphatic heterocycles. The highest BCUT2D eigenvalue weighted by Crippen LogP contribution is 2.32. The summed E-state index contributed by atoms with van der Waals surface area (Å²) in [4.78, 5) is 43.3. The Hall–Kier alpha value is -3.50. The number of amides is 3. The standard InChI is InChI=1S/C26H32N4O6/c1-30-21-5-4-19(14-24(31)28-12-9-17-7-10-27-11-8-17)36-23(21)15-35-22-6-3-18(13-20(22)26(30)33)29-25(32)16-34-2/h3,6-8,10-11,13,19,21,23H,4-5,9,12,14-16H2,1-2H3,(H,28,31)(H,29,32)/t19-,21-,23+/m1/s1. The summed E-state index contributed by atoms with van der Waals surface area (Å²) in [7, 11) is 3.19. The van der Waals surface area contributed by atoms with E-state index in [0.29, 0.717) is 36.4 Å². The number of anilines is 1. The fourth-order valence-electron chi connectivity index (χ4n) is 4.61. The van der Waals surface area contributed by atoms with Crippen LogP contribution in [0.5, 0.6) is 5.75 Å². The van der Waals surface area contributed by atoms with Crippen LogP contribution in [-0.2, 0) is 25.5 Å². The first-order chi connectivity index (χ1) is 17.4. The van der Waals surface area contributed by atoms with Crippen molar-refractivity contribution < 1.29 is 28.6 Å². The number of nitrogens with zero attached hydrogens (tertiary/aromatic N) is 2. The Labute approximate surface area is 210 Å². The molecule has 0 radical (unpaired) electrons. The SMILES string of the molecule is COCC(=O)Nc1ccc2c(c1)C(=O)N(C)[C@@H]1CC[C@H](CC(=O)NCCc3ccncc3)O[C@H]1CO2. The Morgan fingerprint density at radius 1 is 1.17 bits per heavy atom. The van der Waals surface area contributed by atoms with Crippen molar-refractivity contribution in [3.8, 4) is 5.75 Å². The summed E-state index contributed by atoms with van der Waals surface area (Å²) in [6.45, 7) is 0.726. The third-order valence-electron chi connectivity index (χ3n) is 6.47. The van der Waals surface area contributed by atoms with Gasteiger partial charge in [0.15, 0.2) is 0 Å². The van der Waals surface area contributed by atoms with Crippen molar-refractivity contribution in [3.63, 3.8) is 0 Å². The van der Waals surface area contributed by atoms with E-state index in [0.717, 1.165) is 12.0 Å². The van der Waals surface area contributed by atoms with E-state index >= 15 is 0 Å². The van der Waals surface area contributed by atoms with Gasteiger partial charge in [0, 0.05) is 38.8 Å². The fraction of sp³-hybridized carbons (Fsp3) is 0.462. The predicted molar refractivity (Wildman–Crippen MR) is 132 cm³/mol. The third kappa shape index (κ3) is 6.38. The van der Waals surface area contributed by atoms with E-state index < -0.39 is 0 Å². The van der Waals surface area contributed by atoms with Crippen LogP contribution in [0.25, 0.3) is 0 Å². The van der Waals surface area contributed by atoms with Crippen molar-refractivity contribution in [1.82, 2.24) is 15.2 Å². The second-order valence-corrected chi connectivity index (χ2v) is 9.02. The number of hydrogen-bond donors (Lipinski definition) is 2. The maximum atomic E-state index is 13.3. The van der Waals surface area contributed by atoms with Gasteiger partial charge in [-0.2, -0.15) is 0 Å². The highest BCUT2D eigenvalue weighted by atomic mass is 16.5. The second-order valence-electron chi connectivity index (χ2n) is 9.02. The average molecular weight is 497 g/mol. The van der Waals surface area contributed by atoms with Crippen LogP contribution in [0.15, 0.2) is 42.7 Å². The van der Waals surface area contributed by atoms with Gasteiger partial charge in [-0.3, -0.25) is 19.4 Å². The van der Waals surface area contributed by atoms with Crippen LogP contribution in [0.1, 0.15) is 35.2 Å². The van der Waals surface area contributed by atoms with Gasteiger partial charge < -0.3 is 29.7 Å². The lowest BCUT2D eigenvalue weighted by molar-refractivity contribution is -0.134. The van der Waals surface area contributed by atoms with E-state index in [4.69, 9.17) is 14.2 Å². The molecular formula is C26H32N4O6. The first kappa shape index (κ1) is 25.6. The monoisotopic (exact) mass is 496 g/mol. The predicted octanol–water partition coefficient (Wildman–Crippen LogP) is 1.80. The number of fused-ring (bicyclic) bond motifs is 2. The number of benzene rings is 1. The van der Waals surface area contributed by atoms with Crippen LogP contribution in [0.2, 0.25) is 0 Å². The molecule has 1 saturated heterocycles. The topological polar surface area (TPSA) is 119 Å². The van der Waals surface area contributed by atoms with Gasteiger partial charge >= 0.3 is 0 Å². The molecule has 10 heteroatoms. The molecule has 192 valence electrons. The van der Waals surface area contributed by atoms with E-state index in [-0.39, 0.29) is 55.6 Å². The lowest BCUT2D eigenvalue weighted by atomic mass is 9.94. The summed E-state index contributed by atoms with van der Waals surface area (Å²) >= 11 is 0. The molecule has 0 saturated carbocycles. The van der Waals surface area contributed by atoms with Crippen LogP contribution in [-0.4, -0.2) is 79.8 Å². The number of pyridine rings is 1. The zero-order valence-electron chi connectivity index (χ0n) is 20.6. The smallest absolute Gasteiger partial charge is 0.257 e. The Morgan fingerprint density at radius 3 is 2.75 bits per heavy atom. The number of rotatable bonds is 8. The zero-order chi connectivity index (χ0) is 25.5. The minimum Gasteiger partial charge on any atom is -0.490 e. The van der Waals surface area contributed by atoms with Gasteiger partial charge in [-0.25, -0.2) is 0 Å². The Morgan fingerprint density at radius 2 is 1.97 bits per heavy atom. The number of carbonyl (C=O) groups is 3. The van der Waals surface area contributed by atoms with Crippen LogP contribution in [0, 0.1) is 0 Å². The molecule has 1 fully saturated rings. The maximum absolute atomic E-state index is 13.3. The van der Waals surface area contributed by atoms with Crippen LogP contribution in [0.3, 0.4) is 0 Å². The molecule has 2 aromatic rings. The molecule has 0 spiro atoms. The average Bonchev–Trinajstić information content (AvgIpc) is 2.87. The molecule has 0 aliphatic carbocycles. The van der Waals surface area contributed by atoms with E-state index in [9.17, 15) is 14.4 Å². The minimum absolute atomic E-state index is 0.0582. The van der Waals surface area contributed by atoms with E-state index in [1.165, 1.54) is 7.11 Å². The second kappa shape index (κ2) is 12.0. The first-order valence-electron chi connectivity index (χ1n) is 12.1. The molecule has 1 aromatic heterocycles. The molecule has 3 heterocycles. The van der Waals surface area contributed by atoms with Crippen LogP contribution >= 0.6 is 0 Å². The van der Waals surface area contributed by atoms with E-state index in [2.05, 4.69) is 15.6 Å². The van der Waals surface area contributed by atoms with Crippen molar-refractivity contribution in [1.29, 1.82) is 0 Å². The fourth-order valence-corrected chi connectivity index (χ4v) is 4.61. The summed E-state index contributed by atoms with van der Waals surface area (Å²) in [5, 5.41) is 5.67. The molecule has 4 rings (SSSR count). The van der Waals surface area contributed by atoms with Gasteiger partial charge in [0.2, 0.25) is 11.8 Å². The van der Waals surface area contributed by atoms with Crippen molar-refractivity contribution in [2.45, 2.75) is 43.9 Å². The number of likely N-dealkylation sites (N-methyl/N-ethyl adjacent to an activating group) is 1. The summed E-state index contributed by atoms with van der Waals surface area (Å²) in [6, 6.07) is 8.65. The molecule has 36 heavy (non-hydrogen) atoms. The molecule has 0 unspecified atom stereocenters. The summed E-state index contributed by atoms with van der Waals surface area (Å²) in [5.74, 6) is -0.150. The van der Waals surface area contributed by atoms with E-state index in [1.807, 2.05) is 12.1 Å². The molecule has 1 aromatic carbocycles. The third-order valence-corrected chi connectivity index (χ3v) is 6.47. The van der Waals surface area contributed by atoms with Gasteiger partial charge in [-0.15, -0.1) is 0 Å².